The molecule has 0 N–H and O–H groups in total. The van der Waals surface area contributed by atoms with Crippen molar-refractivity contribution in [3.05, 3.63) is 35.7 Å². The number of hydrogen-bond donors (Lipinski definition) is 0. The lowest BCUT2D eigenvalue weighted by Crippen LogP contribution is -2.10. The van der Waals surface area contributed by atoms with Crippen molar-refractivity contribution in [2.75, 3.05) is 6.54 Å². The molecular formula is C10H8N2O. The molecule has 2 aliphatic rings. The molecule has 3 nitrogen and oxygen atoms in total. The third-order valence-electron chi connectivity index (χ3n) is 2.21. The minimum absolute atomic E-state index is 0.854. The van der Waals surface area contributed by atoms with Crippen molar-refractivity contribution < 1.29 is 4.42 Å². The van der Waals surface area contributed by atoms with Gasteiger partial charge in [-0.15, -0.1) is 0 Å². The van der Waals surface area contributed by atoms with Crippen LogP contribution in [0, 0.1) is 0 Å². The zero-order valence-corrected chi connectivity index (χ0v) is 6.97. The van der Waals surface area contributed by atoms with Crippen molar-refractivity contribution in [3.8, 4) is 0 Å². The summed E-state index contributed by atoms with van der Waals surface area (Å²) in [4.78, 5) is 6.34. The summed E-state index contributed by atoms with van der Waals surface area (Å²) in [6, 6.07) is 1.95. The van der Waals surface area contributed by atoms with Gasteiger partial charge in [-0.05, 0) is 18.2 Å². The first-order chi connectivity index (χ1) is 6.43. The van der Waals surface area contributed by atoms with Gasteiger partial charge in [0.05, 0.1) is 12.8 Å². The van der Waals surface area contributed by atoms with Crippen molar-refractivity contribution >= 4 is 18.4 Å². The van der Waals surface area contributed by atoms with Crippen LogP contribution in [0.2, 0.25) is 0 Å². The van der Waals surface area contributed by atoms with Gasteiger partial charge in [0.25, 0.3) is 0 Å². The van der Waals surface area contributed by atoms with Gasteiger partial charge in [-0.2, -0.15) is 0 Å². The van der Waals surface area contributed by atoms with Gasteiger partial charge in [0, 0.05) is 18.0 Å². The summed E-state index contributed by atoms with van der Waals surface area (Å²) in [5, 5.41) is 0. The van der Waals surface area contributed by atoms with Gasteiger partial charge in [0.2, 0.25) is 0 Å². The highest BCUT2D eigenvalue weighted by molar-refractivity contribution is 5.73. The van der Waals surface area contributed by atoms with Gasteiger partial charge in [-0.25, -0.2) is 4.99 Å². The topological polar surface area (TPSA) is 28.7 Å². The standard InChI is InChI=1S/C10H8N2O/c1-4-12-5-3-11-10(12)7-8-2-6-13-9(1)8/h1-4,6-7H,5H2. The zero-order chi connectivity index (χ0) is 8.67. The fourth-order valence-electron chi connectivity index (χ4n) is 1.53. The van der Waals surface area contributed by atoms with E-state index in [1.54, 1.807) is 6.26 Å². The summed E-state index contributed by atoms with van der Waals surface area (Å²) < 4.78 is 5.29. The average molecular weight is 172 g/mol. The van der Waals surface area contributed by atoms with Crippen LogP contribution in [0.25, 0.3) is 12.2 Å². The molecule has 0 amide bonds. The molecule has 0 saturated heterocycles. The minimum Gasteiger partial charge on any atom is -0.464 e. The average Bonchev–Trinajstić information content (AvgIpc) is 2.72. The smallest absolute Gasteiger partial charge is 0.135 e. The van der Waals surface area contributed by atoms with Crippen LogP contribution in [0.3, 0.4) is 0 Å². The van der Waals surface area contributed by atoms with E-state index in [0.717, 1.165) is 23.7 Å². The number of rotatable bonds is 0. The predicted octanol–water partition coefficient (Wildman–Crippen LogP) is 1.95. The van der Waals surface area contributed by atoms with Crippen LogP contribution in [0.5, 0.6) is 0 Å². The van der Waals surface area contributed by atoms with Crippen LogP contribution >= 0.6 is 0 Å². The molecular weight excluding hydrogens is 164 g/mol. The largest absolute Gasteiger partial charge is 0.464 e. The molecule has 3 rings (SSSR count). The van der Waals surface area contributed by atoms with Gasteiger partial charge in [0.15, 0.2) is 0 Å². The summed E-state index contributed by atoms with van der Waals surface area (Å²) in [5.74, 6) is 1.88. The molecule has 1 aromatic rings. The second-order valence-electron chi connectivity index (χ2n) is 3.02. The van der Waals surface area contributed by atoms with E-state index >= 15 is 0 Å². The SMILES string of the molecule is C1=CN2CC=NC2=Cc2ccoc21. The van der Waals surface area contributed by atoms with Gasteiger partial charge in [-0.1, -0.05) is 0 Å². The van der Waals surface area contributed by atoms with E-state index in [2.05, 4.69) is 9.89 Å². The number of aliphatic imine (C=N–C) groups is 1. The summed E-state index contributed by atoms with van der Waals surface area (Å²) in [6.07, 6.45) is 9.59. The molecule has 0 atom stereocenters. The molecule has 0 bridgehead atoms. The van der Waals surface area contributed by atoms with E-state index in [0.29, 0.717) is 0 Å². The highest BCUT2D eigenvalue weighted by Gasteiger charge is 2.14. The Morgan fingerprint density at radius 3 is 3.46 bits per heavy atom. The first-order valence-electron chi connectivity index (χ1n) is 4.20. The molecule has 2 aliphatic heterocycles. The molecule has 3 heteroatoms. The molecule has 3 heterocycles. The van der Waals surface area contributed by atoms with E-state index in [1.165, 1.54) is 0 Å². The zero-order valence-electron chi connectivity index (χ0n) is 6.97. The Balaban J connectivity index is 2.18. The number of hydrogen-bond acceptors (Lipinski definition) is 3. The van der Waals surface area contributed by atoms with Crippen LogP contribution in [0.1, 0.15) is 11.3 Å². The van der Waals surface area contributed by atoms with Crippen LogP contribution in [0.4, 0.5) is 0 Å². The molecule has 0 spiro atoms. The Morgan fingerprint density at radius 1 is 1.46 bits per heavy atom. The number of nitrogens with zero attached hydrogens (tertiary/aromatic N) is 2. The normalized spacial score (nSPS) is 18.2. The fourth-order valence-corrected chi connectivity index (χ4v) is 1.53. The van der Waals surface area contributed by atoms with Crippen molar-refractivity contribution in [2.45, 2.75) is 0 Å². The molecule has 0 radical (unpaired) electrons. The minimum atomic E-state index is 0.854. The van der Waals surface area contributed by atoms with Crippen LogP contribution in [-0.4, -0.2) is 17.7 Å². The van der Waals surface area contributed by atoms with Gasteiger partial charge in [-0.3, -0.25) is 0 Å². The van der Waals surface area contributed by atoms with Gasteiger partial charge in [0.1, 0.15) is 11.6 Å². The Labute approximate surface area is 75.7 Å². The first-order valence-corrected chi connectivity index (χ1v) is 4.20. The van der Waals surface area contributed by atoms with E-state index in [9.17, 15) is 0 Å². The monoisotopic (exact) mass is 172 g/mol. The maximum atomic E-state index is 5.29. The molecule has 64 valence electrons. The lowest BCUT2D eigenvalue weighted by Gasteiger charge is -2.09. The van der Waals surface area contributed by atoms with Crippen molar-refractivity contribution in [2.24, 2.45) is 4.99 Å². The third kappa shape index (κ3) is 0.935. The first kappa shape index (κ1) is 6.71. The maximum absolute atomic E-state index is 5.29. The molecule has 0 aromatic carbocycles. The van der Waals surface area contributed by atoms with E-state index in [1.807, 2.05) is 30.6 Å². The molecule has 0 fully saturated rings. The summed E-state index contributed by atoms with van der Waals surface area (Å²) in [5.41, 5.74) is 1.09. The summed E-state index contributed by atoms with van der Waals surface area (Å²) in [6.45, 7) is 0.854. The van der Waals surface area contributed by atoms with E-state index in [4.69, 9.17) is 4.42 Å². The third-order valence-corrected chi connectivity index (χ3v) is 2.21. The van der Waals surface area contributed by atoms with E-state index < -0.39 is 0 Å². The quantitative estimate of drug-likeness (QED) is 0.598. The van der Waals surface area contributed by atoms with Crippen LogP contribution in [0.15, 0.2) is 33.8 Å². The highest BCUT2D eigenvalue weighted by Crippen LogP contribution is 2.24. The second kappa shape index (κ2) is 2.36. The number of fused-ring (bicyclic) bond motifs is 2. The predicted molar refractivity (Wildman–Crippen MR) is 50.9 cm³/mol. The molecule has 0 saturated carbocycles. The molecule has 13 heavy (non-hydrogen) atoms. The lowest BCUT2D eigenvalue weighted by molar-refractivity contribution is 0.548. The Morgan fingerprint density at radius 2 is 2.46 bits per heavy atom. The van der Waals surface area contributed by atoms with Crippen molar-refractivity contribution in [3.63, 3.8) is 0 Å². The molecule has 0 aliphatic carbocycles. The Hall–Kier alpha value is -1.77. The van der Waals surface area contributed by atoms with E-state index in [-0.39, 0.29) is 0 Å². The summed E-state index contributed by atoms with van der Waals surface area (Å²) >= 11 is 0. The lowest BCUT2D eigenvalue weighted by atomic mass is 10.2. The van der Waals surface area contributed by atoms with Crippen molar-refractivity contribution in [1.82, 2.24) is 4.90 Å². The highest BCUT2D eigenvalue weighted by atomic mass is 16.3. The van der Waals surface area contributed by atoms with Crippen LogP contribution < -0.4 is 0 Å². The summed E-state index contributed by atoms with van der Waals surface area (Å²) in [7, 11) is 0. The fraction of sp³-hybridized carbons (Fsp3) is 0.100. The Kier molecular flexibility index (Phi) is 1.22. The van der Waals surface area contributed by atoms with Crippen LogP contribution in [-0.2, 0) is 0 Å². The molecule has 1 aromatic heterocycles. The Bertz CT molecular complexity index is 426. The van der Waals surface area contributed by atoms with Crippen molar-refractivity contribution in [1.29, 1.82) is 0 Å². The maximum Gasteiger partial charge on any atom is 0.135 e. The molecule has 0 unspecified atom stereocenters. The number of furan rings is 1. The van der Waals surface area contributed by atoms with Gasteiger partial charge >= 0.3 is 0 Å². The van der Waals surface area contributed by atoms with Gasteiger partial charge < -0.3 is 9.32 Å². The second-order valence-corrected chi connectivity index (χ2v) is 3.02.